The van der Waals surface area contributed by atoms with Crippen LogP contribution < -0.4 is 10.6 Å². The molecular formula is C10H16N4O. The Morgan fingerprint density at radius 1 is 1.73 bits per heavy atom. The Kier molecular flexibility index (Phi) is 2.73. The largest absolute Gasteiger partial charge is 0.323 e. The molecule has 2 heterocycles. The van der Waals surface area contributed by atoms with Crippen LogP contribution in [0, 0.1) is 5.41 Å². The number of aromatic nitrogens is 2. The standard InChI is InChI=1S/C10H16N4O/c1-2-10(3-4-11-7-10)9(15)14-8-5-12-13-6-8/h5-6,11H,2-4,7H2,1H3,(H,12,13)(H,14,15). The average Bonchev–Trinajstić information content (AvgIpc) is 2.87. The summed E-state index contributed by atoms with van der Waals surface area (Å²) in [5.74, 6) is 0.0939. The summed E-state index contributed by atoms with van der Waals surface area (Å²) in [5.41, 5.74) is 0.497. The number of hydrogen-bond acceptors (Lipinski definition) is 3. The van der Waals surface area contributed by atoms with Crippen molar-refractivity contribution < 1.29 is 4.79 Å². The molecule has 1 saturated heterocycles. The number of nitrogens with zero attached hydrogens (tertiary/aromatic N) is 1. The molecule has 1 atom stereocenters. The number of nitrogens with one attached hydrogen (secondary N) is 3. The Morgan fingerprint density at radius 3 is 3.13 bits per heavy atom. The van der Waals surface area contributed by atoms with Crippen LogP contribution in [0.25, 0.3) is 0 Å². The van der Waals surface area contributed by atoms with Gasteiger partial charge in [0.1, 0.15) is 0 Å². The molecular weight excluding hydrogens is 192 g/mol. The molecule has 15 heavy (non-hydrogen) atoms. The predicted molar refractivity (Wildman–Crippen MR) is 57.4 cm³/mol. The van der Waals surface area contributed by atoms with Crippen LogP contribution in [0.5, 0.6) is 0 Å². The van der Waals surface area contributed by atoms with Gasteiger partial charge in [-0.15, -0.1) is 0 Å². The van der Waals surface area contributed by atoms with Crippen LogP contribution >= 0.6 is 0 Å². The maximum Gasteiger partial charge on any atom is 0.232 e. The van der Waals surface area contributed by atoms with Gasteiger partial charge in [0, 0.05) is 12.7 Å². The molecule has 1 unspecified atom stereocenters. The van der Waals surface area contributed by atoms with Crippen LogP contribution in [0.1, 0.15) is 19.8 Å². The summed E-state index contributed by atoms with van der Waals surface area (Å²) in [7, 11) is 0. The van der Waals surface area contributed by atoms with Crippen molar-refractivity contribution in [3.8, 4) is 0 Å². The van der Waals surface area contributed by atoms with Gasteiger partial charge in [-0.25, -0.2) is 0 Å². The first-order valence-corrected chi connectivity index (χ1v) is 5.28. The molecule has 0 aromatic carbocycles. The molecule has 0 aliphatic carbocycles. The van der Waals surface area contributed by atoms with E-state index in [1.807, 2.05) is 0 Å². The van der Waals surface area contributed by atoms with E-state index in [4.69, 9.17) is 0 Å². The van der Waals surface area contributed by atoms with Crippen molar-refractivity contribution in [1.29, 1.82) is 0 Å². The lowest BCUT2D eigenvalue weighted by Gasteiger charge is -2.24. The topological polar surface area (TPSA) is 69.8 Å². The van der Waals surface area contributed by atoms with Gasteiger partial charge in [-0.2, -0.15) is 5.10 Å². The van der Waals surface area contributed by atoms with Crippen molar-refractivity contribution in [2.45, 2.75) is 19.8 Å². The van der Waals surface area contributed by atoms with Gasteiger partial charge < -0.3 is 10.6 Å². The maximum atomic E-state index is 12.1. The summed E-state index contributed by atoms with van der Waals surface area (Å²) < 4.78 is 0. The zero-order valence-corrected chi connectivity index (χ0v) is 8.84. The van der Waals surface area contributed by atoms with E-state index in [9.17, 15) is 4.79 Å². The number of rotatable bonds is 3. The number of hydrogen-bond donors (Lipinski definition) is 3. The first-order chi connectivity index (χ1) is 7.27. The Balaban J connectivity index is 2.06. The minimum Gasteiger partial charge on any atom is -0.323 e. The first kappa shape index (κ1) is 10.2. The fraction of sp³-hybridized carbons (Fsp3) is 0.600. The lowest BCUT2D eigenvalue weighted by molar-refractivity contribution is -0.124. The molecule has 0 bridgehead atoms. The zero-order chi connectivity index (χ0) is 10.7. The molecule has 1 aliphatic heterocycles. The van der Waals surface area contributed by atoms with E-state index in [1.165, 1.54) is 0 Å². The molecule has 1 aromatic rings. The van der Waals surface area contributed by atoms with E-state index in [-0.39, 0.29) is 11.3 Å². The van der Waals surface area contributed by atoms with Crippen molar-refractivity contribution in [1.82, 2.24) is 15.5 Å². The fourth-order valence-electron chi connectivity index (χ4n) is 1.98. The highest BCUT2D eigenvalue weighted by Gasteiger charge is 2.39. The van der Waals surface area contributed by atoms with Crippen LogP contribution in [0.2, 0.25) is 0 Å². The summed E-state index contributed by atoms with van der Waals surface area (Å²) in [5, 5.41) is 12.6. The molecule has 1 aromatic heterocycles. The fourth-order valence-corrected chi connectivity index (χ4v) is 1.98. The Hall–Kier alpha value is -1.36. The third kappa shape index (κ3) is 1.87. The van der Waals surface area contributed by atoms with E-state index >= 15 is 0 Å². The molecule has 0 radical (unpaired) electrons. The van der Waals surface area contributed by atoms with Crippen LogP contribution in [0.3, 0.4) is 0 Å². The van der Waals surface area contributed by atoms with E-state index in [2.05, 4.69) is 27.8 Å². The Bertz CT molecular complexity index is 327. The average molecular weight is 208 g/mol. The van der Waals surface area contributed by atoms with Gasteiger partial charge in [-0.3, -0.25) is 9.89 Å². The smallest absolute Gasteiger partial charge is 0.232 e. The number of anilines is 1. The summed E-state index contributed by atoms with van der Waals surface area (Å²) in [6.07, 6.45) is 5.07. The normalized spacial score (nSPS) is 25.4. The van der Waals surface area contributed by atoms with Crippen molar-refractivity contribution >= 4 is 11.6 Å². The van der Waals surface area contributed by atoms with E-state index in [0.29, 0.717) is 0 Å². The van der Waals surface area contributed by atoms with Gasteiger partial charge in [-0.1, -0.05) is 6.92 Å². The molecule has 1 aliphatic rings. The summed E-state index contributed by atoms with van der Waals surface area (Å²) >= 11 is 0. The van der Waals surface area contributed by atoms with E-state index in [1.54, 1.807) is 12.4 Å². The highest BCUT2D eigenvalue weighted by molar-refractivity contribution is 5.95. The minimum absolute atomic E-state index is 0.0939. The quantitative estimate of drug-likeness (QED) is 0.686. The number of H-pyrrole nitrogens is 1. The van der Waals surface area contributed by atoms with Gasteiger partial charge in [0.2, 0.25) is 5.91 Å². The van der Waals surface area contributed by atoms with E-state index < -0.39 is 0 Å². The van der Waals surface area contributed by atoms with Crippen LogP contribution in [-0.2, 0) is 4.79 Å². The number of amides is 1. The monoisotopic (exact) mass is 208 g/mol. The van der Waals surface area contributed by atoms with Crippen LogP contribution in [0.4, 0.5) is 5.69 Å². The molecule has 1 amide bonds. The minimum atomic E-state index is -0.239. The summed E-state index contributed by atoms with van der Waals surface area (Å²) in [4.78, 5) is 12.1. The van der Waals surface area contributed by atoms with Crippen molar-refractivity contribution in [3.63, 3.8) is 0 Å². The van der Waals surface area contributed by atoms with E-state index in [0.717, 1.165) is 31.6 Å². The second-order valence-corrected chi connectivity index (χ2v) is 4.00. The first-order valence-electron chi connectivity index (χ1n) is 5.28. The zero-order valence-electron chi connectivity index (χ0n) is 8.84. The van der Waals surface area contributed by atoms with Crippen LogP contribution in [-0.4, -0.2) is 29.2 Å². The van der Waals surface area contributed by atoms with Crippen LogP contribution in [0.15, 0.2) is 12.4 Å². The number of carbonyl (C=O) groups excluding carboxylic acids is 1. The van der Waals surface area contributed by atoms with Gasteiger partial charge in [0.25, 0.3) is 0 Å². The molecule has 82 valence electrons. The second kappa shape index (κ2) is 4.02. The summed E-state index contributed by atoms with van der Waals surface area (Å²) in [6.45, 7) is 3.75. The second-order valence-electron chi connectivity index (χ2n) is 4.00. The Morgan fingerprint density at radius 2 is 2.60 bits per heavy atom. The summed E-state index contributed by atoms with van der Waals surface area (Å²) in [6, 6.07) is 0. The molecule has 3 N–H and O–H groups in total. The maximum absolute atomic E-state index is 12.1. The Labute approximate surface area is 88.6 Å². The predicted octanol–water partition coefficient (Wildman–Crippen LogP) is 0.738. The van der Waals surface area contributed by atoms with Gasteiger partial charge in [-0.05, 0) is 19.4 Å². The molecule has 1 fully saturated rings. The van der Waals surface area contributed by atoms with Gasteiger partial charge in [0.15, 0.2) is 0 Å². The molecule has 0 spiro atoms. The third-order valence-corrected chi connectivity index (χ3v) is 3.16. The lowest BCUT2D eigenvalue weighted by atomic mass is 9.83. The highest BCUT2D eigenvalue weighted by Crippen LogP contribution is 2.30. The highest BCUT2D eigenvalue weighted by atomic mass is 16.2. The third-order valence-electron chi connectivity index (χ3n) is 3.16. The number of carbonyl (C=O) groups is 1. The lowest BCUT2D eigenvalue weighted by Crippen LogP contribution is -2.37. The SMILES string of the molecule is CCC1(C(=O)Nc2cn[nH]c2)CCNC1. The number of aromatic amines is 1. The molecule has 2 rings (SSSR count). The van der Waals surface area contributed by atoms with Crippen molar-refractivity contribution in [3.05, 3.63) is 12.4 Å². The molecule has 5 heteroatoms. The van der Waals surface area contributed by atoms with Gasteiger partial charge in [0.05, 0.1) is 17.3 Å². The molecule has 5 nitrogen and oxygen atoms in total. The van der Waals surface area contributed by atoms with Crippen molar-refractivity contribution in [2.75, 3.05) is 18.4 Å². The van der Waals surface area contributed by atoms with Crippen molar-refractivity contribution in [2.24, 2.45) is 5.41 Å². The molecule has 0 saturated carbocycles. The van der Waals surface area contributed by atoms with Gasteiger partial charge >= 0.3 is 0 Å².